The molecule has 20 heavy (non-hydrogen) atoms. The summed E-state index contributed by atoms with van der Waals surface area (Å²) in [4.78, 5) is 10.7. The zero-order chi connectivity index (χ0) is 14.5. The maximum Gasteiger partial charge on any atom is 0.320 e. The summed E-state index contributed by atoms with van der Waals surface area (Å²) in [5.41, 5.74) is 7.11. The first-order chi connectivity index (χ1) is 9.60. The van der Waals surface area contributed by atoms with Gasteiger partial charge >= 0.3 is 5.97 Å². The van der Waals surface area contributed by atoms with E-state index >= 15 is 0 Å². The fourth-order valence-electron chi connectivity index (χ4n) is 1.64. The second-order valence-corrected chi connectivity index (χ2v) is 4.34. The number of rotatable bonds is 5. The molecule has 2 rings (SSSR count). The van der Waals surface area contributed by atoms with Gasteiger partial charge in [-0.05, 0) is 12.0 Å². The molecule has 0 unspecified atom stereocenters. The number of carbonyl (C=O) groups is 1. The van der Waals surface area contributed by atoms with Crippen LogP contribution in [0.1, 0.15) is 18.3 Å². The number of aliphatic carboxylic acids is 1. The molecule has 1 aromatic heterocycles. The Morgan fingerprint density at radius 1 is 1.20 bits per heavy atom. The van der Waals surface area contributed by atoms with E-state index in [-0.39, 0.29) is 6.42 Å². The van der Waals surface area contributed by atoms with Crippen molar-refractivity contribution in [3.8, 4) is 11.4 Å². The van der Waals surface area contributed by atoms with E-state index in [9.17, 15) is 4.79 Å². The number of nitrogens with zero attached hydrogens (tertiary/aromatic N) is 4. The van der Waals surface area contributed by atoms with Crippen molar-refractivity contribution in [1.82, 2.24) is 20.4 Å². The minimum atomic E-state index is -1.01. The van der Waals surface area contributed by atoms with Crippen LogP contribution in [-0.2, 0) is 17.6 Å². The number of aromatic nitrogens is 4. The number of aryl methyl sites for hydroxylation is 1. The van der Waals surface area contributed by atoms with Crippen LogP contribution >= 0.6 is 0 Å². The number of carboxylic acids is 1. The monoisotopic (exact) mass is 273 g/mol. The van der Waals surface area contributed by atoms with Crippen LogP contribution in [0, 0.1) is 0 Å². The molecule has 1 heterocycles. The standard InChI is InChI=1S/C13H15N5O2/c1-2-11-15-17-12(18-16-11)9-5-3-8(4-6-9)7-10(14)13(19)20/h3-6,10H,2,7,14H2,1H3,(H,19,20)/t10-/m0/s1. The van der Waals surface area contributed by atoms with E-state index in [1.165, 1.54) is 0 Å². The third-order valence-corrected chi connectivity index (χ3v) is 2.82. The van der Waals surface area contributed by atoms with Crippen molar-refractivity contribution in [3.05, 3.63) is 35.7 Å². The molecule has 0 aliphatic rings. The molecule has 0 fully saturated rings. The normalized spacial score (nSPS) is 12.1. The van der Waals surface area contributed by atoms with Crippen LogP contribution in [-0.4, -0.2) is 37.5 Å². The quantitative estimate of drug-likeness (QED) is 0.812. The van der Waals surface area contributed by atoms with Crippen LogP contribution in [0.4, 0.5) is 0 Å². The Balaban J connectivity index is 2.12. The summed E-state index contributed by atoms with van der Waals surface area (Å²) in [6.45, 7) is 1.93. The van der Waals surface area contributed by atoms with E-state index in [0.717, 1.165) is 11.1 Å². The van der Waals surface area contributed by atoms with Gasteiger partial charge in [-0.2, -0.15) is 0 Å². The Morgan fingerprint density at radius 3 is 2.30 bits per heavy atom. The maximum absolute atomic E-state index is 10.7. The fraction of sp³-hybridized carbons (Fsp3) is 0.308. The molecule has 3 N–H and O–H groups in total. The van der Waals surface area contributed by atoms with Crippen molar-refractivity contribution in [2.45, 2.75) is 25.8 Å². The molecular formula is C13H15N5O2. The Labute approximate surface area is 115 Å². The van der Waals surface area contributed by atoms with Gasteiger partial charge in [-0.15, -0.1) is 20.4 Å². The van der Waals surface area contributed by atoms with Gasteiger partial charge in [0.05, 0.1) is 0 Å². The molecule has 7 heteroatoms. The van der Waals surface area contributed by atoms with Gasteiger partial charge < -0.3 is 10.8 Å². The second-order valence-electron chi connectivity index (χ2n) is 4.34. The number of hydrogen-bond acceptors (Lipinski definition) is 6. The van der Waals surface area contributed by atoms with Crippen molar-refractivity contribution in [3.63, 3.8) is 0 Å². The van der Waals surface area contributed by atoms with Crippen LogP contribution in [0.3, 0.4) is 0 Å². The number of carboxylic acid groups (broad SMARTS) is 1. The average molecular weight is 273 g/mol. The third kappa shape index (κ3) is 3.33. The molecule has 2 aromatic rings. The minimum absolute atomic E-state index is 0.280. The van der Waals surface area contributed by atoms with Gasteiger partial charge in [-0.3, -0.25) is 4.79 Å². The van der Waals surface area contributed by atoms with Crippen molar-refractivity contribution in [2.75, 3.05) is 0 Å². The summed E-state index contributed by atoms with van der Waals surface area (Å²) in [7, 11) is 0. The van der Waals surface area contributed by atoms with E-state index in [2.05, 4.69) is 20.4 Å². The van der Waals surface area contributed by atoms with E-state index in [4.69, 9.17) is 10.8 Å². The Kier molecular flexibility index (Phi) is 4.31. The second kappa shape index (κ2) is 6.16. The molecule has 0 saturated carbocycles. The highest BCUT2D eigenvalue weighted by Crippen LogP contribution is 2.14. The van der Waals surface area contributed by atoms with E-state index in [1.807, 2.05) is 6.92 Å². The van der Waals surface area contributed by atoms with E-state index in [1.54, 1.807) is 24.3 Å². The smallest absolute Gasteiger partial charge is 0.320 e. The maximum atomic E-state index is 10.7. The predicted molar refractivity (Wildman–Crippen MR) is 71.8 cm³/mol. The first-order valence-electron chi connectivity index (χ1n) is 6.24. The molecule has 1 aromatic carbocycles. The first-order valence-corrected chi connectivity index (χ1v) is 6.24. The zero-order valence-electron chi connectivity index (χ0n) is 11.0. The predicted octanol–water partition coefficient (Wildman–Crippen LogP) is 0.450. The first kappa shape index (κ1) is 14.0. The van der Waals surface area contributed by atoms with Crippen molar-refractivity contribution in [2.24, 2.45) is 5.73 Å². The Morgan fingerprint density at radius 2 is 1.80 bits per heavy atom. The van der Waals surface area contributed by atoms with Crippen LogP contribution in [0.5, 0.6) is 0 Å². The zero-order valence-corrected chi connectivity index (χ0v) is 11.0. The molecule has 104 valence electrons. The van der Waals surface area contributed by atoms with E-state index < -0.39 is 12.0 Å². The van der Waals surface area contributed by atoms with Crippen LogP contribution < -0.4 is 5.73 Å². The molecular weight excluding hydrogens is 258 g/mol. The lowest BCUT2D eigenvalue weighted by Gasteiger charge is -2.06. The summed E-state index contributed by atoms with van der Waals surface area (Å²) in [5.74, 6) is 0.0232. The number of nitrogens with two attached hydrogens (primary N) is 1. The Bertz CT molecular complexity index is 583. The molecule has 0 radical (unpaired) electrons. The summed E-state index contributed by atoms with van der Waals surface area (Å²) >= 11 is 0. The van der Waals surface area contributed by atoms with E-state index in [0.29, 0.717) is 18.1 Å². The molecule has 0 bridgehead atoms. The van der Waals surface area contributed by atoms with Gasteiger partial charge in [0.1, 0.15) is 6.04 Å². The lowest BCUT2D eigenvalue weighted by Crippen LogP contribution is -2.32. The van der Waals surface area contributed by atoms with Crippen molar-refractivity contribution < 1.29 is 9.90 Å². The summed E-state index contributed by atoms with van der Waals surface area (Å²) in [6, 6.07) is 6.30. The largest absolute Gasteiger partial charge is 0.480 e. The van der Waals surface area contributed by atoms with Crippen molar-refractivity contribution >= 4 is 5.97 Å². The van der Waals surface area contributed by atoms with Crippen LogP contribution in [0.2, 0.25) is 0 Å². The molecule has 0 saturated heterocycles. The summed E-state index contributed by atoms with van der Waals surface area (Å²) in [5, 5.41) is 24.6. The van der Waals surface area contributed by atoms with Gasteiger partial charge in [0.15, 0.2) is 5.82 Å². The highest BCUT2D eigenvalue weighted by Gasteiger charge is 2.12. The van der Waals surface area contributed by atoms with Gasteiger partial charge in [0.25, 0.3) is 0 Å². The number of hydrogen-bond donors (Lipinski definition) is 2. The van der Waals surface area contributed by atoms with Gasteiger partial charge in [0, 0.05) is 12.0 Å². The highest BCUT2D eigenvalue weighted by atomic mass is 16.4. The summed E-state index contributed by atoms with van der Waals surface area (Å²) in [6.07, 6.45) is 0.966. The minimum Gasteiger partial charge on any atom is -0.480 e. The Hall–Kier alpha value is -2.41. The molecule has 0 spiro atoms. The van der Waals surface area contributed by atoms with Gasteiger partial charge in [0.2, 0.25) is 5.82 Å². The van der Waals surface area contributed by atoms with Crippen LogP contribution in [0.15, 0.2) is 24.3 Å². The molecule has 1 atom stereocenters. The van der Waals surface area contributed by atoms with Crippen LogP contribution in [0.25, 0.3) is 11.4 Å². The molecule has 0 amide bonds. The SMILES string of the molecule is CCc1nnc(-c2ccc(C[C@H](N)C(=O)O)cc2)nn1. The lowest BCUT2D eigenvalue weighted by molar-refractivity contribution is -0.138. The van der Waals surface area contributed by atoms with Crippen molar-refractivity contribution in [1.29, 1.82) is 0 Å². The molecule has 7 nitrogen and oxygen atoms in total. The van der Waals surface area contributed by atoms with Gasteiger partial charge in [-0.1, -0.05) is 31.2 Å². The third-order valence-electron chi connectivity index (χ3n) is 2.82. The fourth-order valence-corrected chi connectivity index (χ4v) is 1.64. The average Bonchev–Trinajstić information content (AvgIpc) is 2.48. The topological polar surface area (TPSA) is 115 Å². The van der Waals surface area contributed by atoms with Gasteiger partial charge in [-0.25, -0.2) is 0 Å². The summed E-state index contributed by atoms with van der Waals surface area (Å²) < 4.78 is 0. The number of benzene rings is 1. The molecule has 0 aliphatic carbocycles. The molecule has 0 aliphatic heterocycles. The highest BCUT2D eigenvalue weighted by molar-refractivity contribution is 5.73. The lowest BCUT2D eigenvalue weighted by atomic mass is 10.0.